The Labute approximate surface area is 162 Å². The molecule has 0 aliphatic heterocycles. The van der Waals surface area contributed by atoms with Gasteiger partial charge in [-0.05, 0) is 35.7 Å². The van der Waals surface area contributed by atoms with E-state index in [0.29, 0.717) is 11.5 Å². The van der Waals surface area contributed by atoms with E-state index >= 15 is 0 Å². The zero-order valence-corrected chi connectivity index (χ0v) is 15.7. The Morgan fingerprint density at radius 1 is 1.18 bits per heavy atom. The minimum absolute atomic E-state index is 0.209. The van der Waals surface area contributed by atoms with Crippen LogP contribution in [0.5, 0.6) is 0 Å². The van der Waals surface area contributed by atoms with E-state index in [-0.39, 0.29) is 11.8 Å². The SMILES string of the molecule is C[C@@H](Cc1nncn1C)c1ccnc(NC(=O)c2ccc3ccccc3n2)c1. The predicted molar refractivity (Wildman–Crippen MR) is 107 cm³/mol. The molecule has 3 aromatic heterocycles. The van der Waals surface area contributed by atoms with Crippen molar-refractivity contribution >= 4 is 22.6 Å². The smallest absolute Gasteiger partial charge is 0.275 e. The molecule has 0 saturated heterocycles. The van der Waals surface area contributed by atoms with Gasteiger partial charge in [0.05, 0.1) is 5.52 Å². The van der Waals surface area contributed by atoms with Gasteiger partial charge in [-0.2, -0.15) is 0 Å². The van der Waals surface area contributed by atoms with Gasteiger partial charge in [-0.1, -0.05) is 31.2 Å². The molecular weight excluding hydrogens is 352 g/mol. The zero-order chi connectivity index (χ0) is 19.5. The van der Waals surface area contributed by atoms with E-state index < -0.39 is 0 Å². The second-order valence-corrected chi connectivity index (χ2v) is 6.78. The molecule has 7 heteroatoms. The van der Waals surface area contributed by atoms with E-state index in [0.717, 1.165) is 28.7 Å². The fraction of sp³-hybridized carbons (Fsp3) is 0.190. The van der Waals surface area contributed by atoms with Crippen molar-refractivity contribution in [3.63, 3.8) is 0 Å². The van der Waals surface area contributed by atoms with Crippen LogP contribution in [0.4, 0.5) is 5.82 Å². The van der Waals surface area contributed by atoms with Gasteiger partial charge in [-0.15, -0.1) is 10.2 Å². The standard InChI is InChI=1S/C21H20N6O/c1-14(11-20-26-23-13-27(20)2)16-9-10-22-19(12-16)25-21(28)18-8-7-15-5-3-4-6-17(15)24-18/h3-10,12-14H,11H2,1-2H3,(H,22,25,28)/t14-/m0/s1. The van der Waals surface area contributed by atoms with E-state index in [4.69, 9.17) is 0 Å². The summed E-state index contributed by atoms with van der Waals surface area (Å²) in [7, 11) is 1.93. The van der Waals surface area contributed by atoms with E-state index in [1.54, 1.807) is 18.6 Å². The summed E-state index contributed by atoms with van der Waals surface area (Å²) >= 11 is 0. The summed E-state index contributed by atoms with van der Waals surface area (Å²) in [5.41, 5.74) is 2.21. The number of carbonyl (C=O) groups excluding carboxylic acids is 1. The molecule has 0 bridgehead atoms. The lowest BCUT2D eigenvalue weighted by Gasteiger charge is -2.12. The third-order valence-corrected chi connectivity index (χ3v) is 4.72. The van der Waals surface area contributed by atoms with Crippen LogP contribution in [0.25, 0.3) is 10.9 Å². The number of amides is 1. The first-order valence-electron chi connectivity index (χ1n) is 9.06. The van der Waals surface area contributed by atoms with Crippen LogP contribution in [-0.2, 0) is 13.5 Å². The summed E-state index contributed by atoms with van der Waals surface area (Å²) in [6.45, 7) is 2.11. The van der Waals surface area contributed by atoms with Gasteiger partial charge < -0.3 is 9.88 Å². The Bertz CT molecular complexity index is 1140. The normalized spacial score (nSPS) is 12.1. The minimum Gasteiger partial charge on any atom is -0.321 e. The third-order valence-electron chi connectivity index (χ3n) is 4.72. The maximum Gasteiger partial charge on any atom is 0.275 e. The monoisotopic (exact) mass is 372 g/mol. The quantitative estimate of drug-likeness (QED) is 0.581. The van der Waals surface area contributed by atoms with Crippen LogP contribution < -0.4 is 5.32 Å². The number of rotatable bonds is 5. The lowest BCUT2D eigenvalue weighted by molar-refractivity contribution is 0.102. The second-order valence-electron chi connectivity index (χ2n) is 6.78. The molecule has 4 rings (SSSR count). The van der Waals surface area contributed by atoms with Crippen LogP contribution >= 0.6 is 0 Å². The molecule has 0 aliphatic carbocycles. The fourth-order valence-corrected chi connectivity index (χ4v) is 3.08. The summed E-state index contributed by atoms with van der Waals surface area (Å²) in [6.07, 6.45) is 4.14. The highest BCUT2D eigenvalue weighted by Gasteiger charge is 2.13. The third kappa shape index (κ3) is 3.73. The van der Waals surface area contributed by atoms with Crippen LogP contribution in [0.15, 0.2) is 61.1 Å². The van der Waals surface area contributed by atoms with Gasteiger partial charge in [0, 0.05) is 25.1 Å². The van der Waals surface area contributed by atoms with Crippen molar-refractivity contribution in [1.82, 2.24) is 24.7 Å². The molecule has 1 amide bonds. The van der Waals surface area contributed by atoms with Crippen molar-refractivity contribution in [2.75, 3.05) is 5.32 Å². The number of para-hydroxylation sites is 1. The summed E-state index contributed by atoms with van der Waals surface area (Å²) in [5, 5.41) is 11.9. The number of nitrogens with zero attached hydrogens (tertiary/aromatic N) is 5. The molecule has 1 atom stereocenters. The van der Waals surface area contributed by atoms with E-state index in [9.17, 15) is 4.79 Å². The number of hydrogen-bond acceptors (Lipinski definition) is 5. The number of aromatic nitrogens is 5. The molecule has 28 heavy (non-hydrogen) atoms. The van der Waals surface area contributed by atoms with Crippen molar-refractivity contribution in [2.45, 2.75) is 19.3 Å². The molecular formula is C21H20N6O. The number of hydrogen-bond donors (Lipinski definition) is 1. The van der Waals surface area contributed by atoms with Crippen molar-refractivity contribution in [3.05, 3.63) is 78.1 Å². The first-order valence-corrected chi connectivity index (χ1v) is 9.06. The maximum absolute atomic E-state index is 12.6. The highest BCUT2D eigenvalue weighted by Crippen LogP contribution is 2.21. The summed E-state index contributed by atoms with van der Waals surface area (Å²) in [5.74, 6) is 1.34. The summed E-state index contributed by atoms with van der Waals surface area (Å²) in [6, 6.07) is 15.2. The molecule has 1 aromatic carbocycles. The van der Waals surface area contributed by atoms with Crippen molar-refractivity contribution < 1.29 is 4.79 Å². The minimum atomic E-state index is -0.281. The molecule has 1 N–H and O–H groups in total. The van der Waals surface area contributed by atoms with Gasteiger partial charge in [0.25, 0.3) is 5.91 Å². The maximum atomic E-state index is 12.6. The first kappa shape index (κ1) is 17.8. The van der Waals surface area contributed by atoms with E-state index in [2.05, 4.69) is 32.4 Å². The Balaban J connectivity index is 1.50. The fourth-order valence-electron chi connectivity index (χ4n) is 3.08. The van der Waals surface area contributed by atoms with Gasteiger partial charge in [-0.3, -0.25) is 4.79 Å². The van der Waals surface area contributed by atoms with Crippen molar-refractivity contribution in [2.24, 2.45) is 7.05 Å². The summed E-state index contributed by atoms with van der Waals surface area (Å²) in [4.78, 5) is 21.3. The van der Waals surface area contributed by atoms with Crippen LogP contribution in [0.2, 0.25) is 0 Å². The van der Waals surface area contributed by atoms with Crippen LogP contribution in [0, 0.1) is 0 Å². The van der Waals surface area contributed by atoms with Gasteiger partial charge in [0.2, 0.25) is 0 Å². The van der Waals surface area contributed by atoms with Crippen molar-refractivity contribution in [1.29, 1.82) is 0 Å². The predicted octanol–water partition coefficient (Wildman–Crippen LogP) is 3.36. The first-order chi connectivity index (χ1) is 13.6. The Morgan fingerprint density at radius 3 is 2.86 bits per heavy atom. The average Bonchev–Trinajstić information content (AvgIpc) is 3.12. The molecule has 7 nitrogen and oxygen atoms in total. The van der Waals surface area contributed by atoms with Crippen molar-refractivity contribution in [3.8, 4) is 0 Å². The molecule has 3 heterocycles. The van der Waals surface area contributed by atoms with E-state index in [1.165, 1.54) is 0 Å². The highest BCUT2D eigenvalue weighted by atomic mass is 16.1. The second kappa shape index (κ2) is 7.56. The molecule has 0 aliphatic rings. The number of benzene rings is 1. The van der Waals surface area contributed by atoms with Crippen LogP contribution in [0.3, 0.4) is 0 Å². The Morgan fingerprint density at radius 2 is 2.04 bits per heavy atom. The Hall–Kier alpha value is -3.61. The van der Waals surface area contributed by atoms with Crippen LogP contribution in [0.1, 0.15) is 34.7 Å². The molecule has 0 fully saturated rings. The van der Waals surface area contributed by atoms with E-state index in [1.807, 2.05) is 54.1 Å². The molecule has 0 radical (unpaired) electrons. The average molecular weight is 372 g/mol. The number of fused-ring (bicyclic) bond motifs is 1. The lowest BCUT2D eigenvalue weighted by Crippen LogP contribution is -2.15. The highest BCUT2D eigenvalue weighted by molar-refractivity contribution is 6.03. The number of pyridine rings is 2. The molecule has 140 valence electrons. The van der Waals surface area contributed by atoms with Gasteiger partial charge in [-0.25, -0.2) is 9.97 Å². The van der Waals surface area contributed by atoms with Crippen LogP contribution in [-0.4, -0.2) is 30.6 Å². The largest absolute Gasteiger partial charge is 0.321 e. The number of carbonyl (C=O) groups is 1. The molecule has 0 saturated carbocycles. The zero-order valence-electron chi connectivity index (χ0n) is 15.7. The molecule has 4 aromatic rings. The van der Waals surface area contributed by atoms with Gasteiger partial charge in [0.1, 0.15) is 23.7 Å². The topological polar surface area (TPSA) is 85.6 Å². The number of anilines is 1. The molecule has 0 spiro atoms. The summed E-state index contributed by atoms with van der Waals surface area (Å²) < 4.78 is 1.91. The lowest BCUT2D eigenvalue weighted by atomic mass is 9.98. The Kier molecular flexibility index (Phi) is 4.80. The molecule has 0 unspecified atom stereocenters. The van der Waals surface area contributed by atoms with Gasteiger partial charge in [0.15, 0.2) is 0 Å². The number of nitrogens with one attached hydrogen (secondary N) is 1. The number of aryl methyl sites for hydroxylation is 1. The van der Waals surface area contributed by atoms with Gasteiger partial charge >= 0.3 is 0 Å².